The highest BCUT2D eigenvalue weighted by Crippen LogP contribution is 2.15. The summed E-state index contributed by atoms with van der Waals surface area (Å²) in [6, 6.07) is 5.27. The molecule has 2 N–H and O–H groups in total. The van der Waals surface area contributed by atoms with Crippen molar-refractivity contribution >= 4 is 21.9 Å². The van der Waals surface area contributed by atoms with Crippen molar-refractivity contribution in [2.24, 2.45) is 0 Å². The van der Waals surface area contributed by atoms with E-state index >= 15 is 0 Å². The molecule has 1 aromatic heterocycles. The molecule has 0 spiro atoms. The fraction of sp³-hybridized carbons (Fsp3) is 0.182. The van der Waals surface area contributed by atoms with Gasteiger partial charge in [-0.05, 0) is 24.3 Å². The van der Waals surface area contributed by atoms with Gasteiger partial charge in [0.1, 0.15) is 0 Å². The zero-order chi connectivity index (χ0) is 15.5. The molecule has 0 bridgehead atoms. The number of methoxy groups -OCH3 is 2. The first-order chi connectivity index (χ1) is 9.96. The number of sulfonamides is 1. The largest absolute Gasteiger partial charge is 0.466 e. The van der Waals surface area contributed by atoms with Crippen molar-refractivity contribution in [3.8, 4) is 6.01 Å². The number of nitrogens with one attached hydrogen (secondary N) is 2. The summed E-state index contributed by atoms with van der Waals surface area (Å²) in [5.41, 5.74) is 0.248. The second-order valence-corrected chi connectivity index (χ2v) is 5.47. The van der Waals surface area contributed by atoms with E-state index in [1.54, 1.807) is 0 Å². The zero-order valence-electron chi connectivity index (χ0n) is 11.2. The molecule has 0 aliphatic carbocycles. The van der Waals surface area contributed by atoms with Crippen LogP contribution in [0.5, 0.6) is 6.01 Å². The van der Waals surface area contributed by atoms with E-state index < -0.39 is 16.0 Å². The number of rotatable bonds is 5. The van der Waals surface area contributed by atoms with E-state index in [2.05, 4.69) is 24.6 Å². The molecule has 112 valence electrons. The molecule has 0 amide bonds. The summed E-state index contributed by atoms with van der Waals surface area (Å²) in [5, 5.41) is 5.99. The van der Waals surface area contributed by atoms with Crippen LogP contribution in [0.25, 0.3) is 0 Å². The van der Waals surface area contributed by atoms with Gasteiger partial charge in [-0.15, -0.1) is 5.10 Å². The van der Waals surface area contributed by atoms with E-state index in [0.29, 0.717) is 0 Å². The van der Waals surface area contributed by atoms with Gasteiger partial charge in [-0.1, -0.05) is 0 Å². The van der Waals surface area contributed by atoms with Gasteiger partial charge in [0.2, 0.25) is 5.95 Å². The minimum absolute atomic E-state index is 0.00809. The van der Waals surface area contributed by atoms with Gasteiger partial charge in [0.15, 0.2) is 0 Å². The SMILES string of the molecule is COC(=O)c1ccc(S(=O)(=O)Nc2nc(OC)n[nH]2)cc1. The van der Waals surface area contributed by atoms with Gasteiger partial charge >= 0.3 is 12.0 Å². The molecule has 2 aromatic rings. The maximum Gasteiger partial charge on any atom is 0.337 e. The third kappa shape index (κ3) is 3.28. The van der Waals surface area contributed by atoms with Crippen LogP contribution in [-0.2, 0) is 14.8 Å². The van der Waals surface area contributed by atoms with Crippen LogP contribution in [0.1, 0.15) is 10.4 Å². The Kier molecular flexibility index (Phi) is 4.08. The average Bonchev–Trinajstić information content (AvgIpc) is 2.93. The molecule has 1 aromatic carbocycles. The second kappa shape index (κ2) is 5.79. The van der Waals surface area contributed by atoms with Crippen molar-refractivity contribution < 1.29 is 22.7 Å². The Morgan fingerprint density at radius 2 is 1.90 bits per heavy atom. The zero-order valence-corrected chi connectivity index (χ0v) is 12.0. The summed E-state index contributed by atoms with van der Waals surface area (Å²) in [6.45, 7) is 0. The topological polar surface area (TPSA) is 123 Å². The molecule has 10 heteroatoms. The van der Waals surface area contributed by atoms with E-state index in [1.807, 2.05) is 0 Å². The molecule has 0 saturated heterocycles. The molecule has 0 saturated carbocycles. The van der Waals surface area contributed by atoms with Crippen LogP contribution in [0.2, 0.25) is 0 Å². The van der Waals surface area contributed by atoms with Gasteiger partial charge in [0.25, 0.3) is 10.0 Å². The second-order valence-electron chi connectivity index (χ2n) is 3.79. The summed E-state index contributed by atoms with van der Waals surface area (Å²) in [6.07, 6.45) is 0. The molecule has 1 heterocycles. The van der Waals surface area contributed by atoms with Crippen LogP contribution in [-0.4, -0.2) is 43.8 Å². The van der Waals surface area contributed by atoms with Gasteiger partial charge in [-0.3, -0.25) is 0 Å². The van der Waals surface area contributed by atoms with Crippen molar-refractivity contribution in [2.75, 3.05) is 18.9 Å². The Morgan fingerprint density at radius 1 is 1.24 bits per heavy atom. The van der Waals surface area contributed by atoms with Crippen LogP contribution in [0.15, 0.2) is 29.2 Å². The monoisotopic (exact) mass is 312 g/mol. The Hall–Kier alpha value is -2.62. The van der Waals surface area contributed by atoms with E-state index in [9.17, 15) is 13.2 Å². The molecular formula is C11H12N4O5S. The molecule has 0 aliphatic rings. The lowest BCUT2D eigenvalue weighted by atomic mass is 10.2. The third-order valence-electron chi connectivity index (χ3n) is 2.46. The maximum atomic E-state index is 12.1. The normalized spacial score (nSPS) is 11.0. The summed E-state index contributed by atoms with van der Waals surface area (Å²) in [7, 11) is -1.25. The van der Waals surface area contributed by atoms with E-state index in [0.717, 1.165) is 0 Å². The maximum absolute atomic E-state index is 12.1. The summed E-state index contributed by atoms with van der Waals surface area (Å²) >= 11 is 0. The number of anilines is 1. The lowest BCUT2D eigenvalue weighted by molar-refractivity contribution is 0.0600. The van der Waals surface area contributed by atoms with Crippen molar-refractivity contribution in [1.82, 2.24) is 15.2 Å². The standard InChI is InChI=1S/C11H12N4O5S/c1-19-9(16)7-3-5-8(6-4-7)21(17,18)15-10-12-11(20-2)14-13-10/h3-6H,1-2H3,(H2,12,13,14,15). The molecule has 21 heavy (non-hydrogen) atoms. The summed E-state index contributed by atoms with van der Waals surface area (Å²) in [5.74, 6) is -0.629. The quantitative estimate of drug-likeness (QED) is 0.766. The van der Waals surface area contributed by atoms with E-state index in [4.69, 9.17) is 4.74 Å². The van der Waals surface area contributed by atoms with Crippen molar-refractivity contribution in [1.29, 1.82) is 0 Å². The van der Waals surface area contributed by atoms with Crippen LogP contribution in [0.3, 0.4) is 0 Å². The smallest absolute Gasteiger partial charge is 0.337 e. The number of ether oxygens (including phenoxy) is 2. The molecule has 0 aliphatic heterocycles. The molecule has 0 radical (unpaired) electrons. The number of aromatic amines is 1. The molecule has 0 atom stereocenters. The van der Waals surface area contributed by atoms with Crippen LogP contribution >= 0.6 is 0 Å². The first-order valence-corrected chi connectivity index (χ1v) is 7.12. The lowest BCUT2D eigenvalue weighted by Gasteiger charge is -2.05. The van der Waals surface area contributed by atoms with E-state index in [1.165, 1.54) is 38.5 Å². The number of nitrogens with zero attached hydrogens (tertiary/aromatic N) is 2. The Labute approximate surface area is 120 Å². The van der Waals surface area contributed by atoms with Gasteiger partial charge < -0.3 is 9.47 Å². The molecule has 9 nitrogen and oxygen atoms in total. The van der Waals surface area contributed by atoms with Gasteiger partial charge in [0.05, 0.1) is 24.7 Å². The van der Waals surface area contributed by atoms with Gasteiger partial charge in [0, 0.05) is 0 Å². The molecule has 0 unspecified atom stereocenters. The number of aromatic nitrogens is 3. The van der Waals surface area contributed by atoms with E-state index in [-0.39, 0.29) is 22.4 Å². The predicted octanol–water partition coefficient (Wildman–Crippen LogP) is 0.401. The number of H-pyrrole nitrogens is 1. The third-order valence-corrected chi connectivity index (χ3v) is 3.82. The minimum Gasteiger partial charge on any atom is -0.466 e. The highest BCUT2D eigenvalue weighted by atomic mass is 32.2. The number of carbonyl (C=O) groups excluding carboxylic acids is 1. The average molecular weight is 312 g/mol. The van der Waals surface area contributed by atoms with Gasteiger partial charge in [-0.25, -0.2) is 23.0 Å². The number of hydrogen-bond acceptors (Lipinski definition) is 7. The van der Waals surface area contributed by atoms with Crippen LogP contribution < -0.4 is 9.46 Å². The summed E-state index contributed by atoms with van der Waals surface area (Å²) < 4.78 is 35.6. The summed E-state index contributed by atoms with van der Waals surface area (Å²) in [4.78, 5) is 15.0. The van der Waals surface area contributed by atoms with Crippen molar-refractivity contribution in [2.45, 2.75) is 4.90 Å². The highest BCUT2D eigenvalue weighted by Gasteiger charge is 2.17. The van der Waals surface area contributed by atoms with Crippen molar-refractivity contribution in [3.05, 3.63) is 29.8 Å². The Balaban J connectivity index is 2.21. The number of hydrogen-bond donors (Lipinski definition) is 2. The molecular weight excluding hydrogens is 300 g/mol. The fourth-order valence-electron chi connectivity index (χ4n) is 1.46. The van der Waals surface area contributed by atoms with Crippen molar-refractivity contribution in [3.63, 3.8) is 0 Å². The molecule has 2 rings (SSSR count). The molecule has 0 fully saturated rings. The fourth-order valence-corrected chi connectivity index (χ4v) is 2.42. The first-order valence-electron chi connectivity index (χ1n) is 5.64. The Bertz CT molecular complexity index is 738. The highest BCUT2D eigenvalue weighted by molar-refractivity contribution is 7.92. The Morgan fingerprint density at radius 3 is 2.43 bits per heavy atom. The van der Waals surface area contributed by atoms with Gasteiger partial charge in [-0.2, -0.15) is 4.98 Å². The van der Waals surface area contributed by atoms with Crippen LogP contribution in [0, 0.1) is 0 Å². The number of benzene rings is 1. The number of esters is 1. The predicted molar refractivity (Wildman–Crippen MR) is 71.5 cm³/mol. The first kappa shape index (κ1) is 14.8. The minimum atomic E-state index is -3.85. The number of carbonyl (C=O) groups is 1. The van der Waals surface area contributed by atoms with Crippen LogP contribution in [0.4, 0.5) is 5.95 Å². The lowest BCUT2D eigenvalue weighted by Crippen LogP contribution is -2.14.